The number of benzene rings is 2. The maximum absolute atomic E-state index is 12.9. The van der Waals surface area contributed by atoms with Gasteiger partial charge in [-0.15, -0.1) is 0 Å². The molecule has 0 saturated heterocycles. The highest BCUT2D eigenvalue weighted by molar-refractivity contribution is 5.27. The first-order valence-electron chi connectivity index (χ1n) is 7.78. The minimum atomic E-state index is -4.35. The van der Waals surface area contributed by atoms with Crippen molar-refractivity contribution in [2.24, 2.45) is 0 Å². The van der Waals surface area contributed by atoms with Gasteiger partial charge in [0.25, 0.3) is 0 Å². The molecule has 0 heterocycles. The maximum Gasteiger partial charge on any atom is 0.416 e. The fourth-order valence-electron chi connectivity index (χ4n) is 2.64. The molecule has 2 aromatic rings. The van der Waals surface area contributed by atoms with Crippen LogP contribution in [0.5, 0.6) is 0 Å². The zero-order chi connectivity index (χ0) is 17.7. The van der Waals surface area contributed by atoms with E-state index in [9.17, 15) is 13.2 Å². The highest BCUT2D eigenvalue weighted by Crippen LogP contribution is 2.32. The van der Waals surface area contributed by atoms with Crippen molar-refractivity contribution in [1.29, 1.82) is 0 Å². The molecule has 0 N–H and O–H groups in total. The summed E-state index contributed by atoms with van der Waals surface area (Å²) >= 11 is 0. The van der Waals surface area contributed by atoms with Crippen LogP contribution in [0.25, 0.3) is 0 Å². The summed E-state index contributed by atoms with van der Waals surface area (Å²) in [5, 5.41) is 0. The molecule has 0 aliphatic carbocycles. The van der Waals surface area contributed by atoms with Gasteiger partial charge in [0.15, 0.2) is 0 Å². The van der Waals surface area contributed by atoms with E-state index in [1.807, 2.05) is 37.4 Å². The second-order valence-corrected chi connectivity index (χ2v) is 5.87. The predicted octanol–water partition coefficient (Wildman–Crippen LogP) is 5.09. The number of alkyl halides is 3. The van der Waals surface area contributed by atoms with E-state index in [1.165, 1.54) is 13.2 Å². The van der Waals surface area contributed by atoms with Crippen molar-refractivity contribution in [3.05, 3.63) is 71.3 Å². The Balaban J connectivity index is 2.14. The van der Waals surface area contributed by atoms with Crippen LogP contribution < -0.4 is 0 Å². The van der Waals surface area contributed by atoms with Gasteiger partial charge in [0.05, 0.1) is 11.7 Å². The Labute approximate surface area is 140 Å². The van der Waals surface area contributed by atoms with E-state index >= 15 is 0 Å². The van der Waals surface area contributed by atoms with Crippen LogP contribution in [0, 0.1) is 0 Å². The summed E-state index contributed by atoms with van der Waals surface area (Å²) in [5.74, 6) is 0. The lowest BCUT2D eigenvalue weighted by molar-refractivity contribution is -0.137. The standard InChI is InChI=1S/C19H22F3NO/c1-14(15-8-5-4-6-9-15)23(2)13-18(24-3)16-10-7-11-17(12-16)19(20,21)22/h4-12,14,18H,13H2,1-3H3. The van der Waals surface area contributed by atoms with E-state index in [4.69, 9.17) is 4.74 Å². The summed E-state index contributed by atoms with van der Waals surface area (Å²) in [6.07, 6.45) is -4.78. The van der Waals surface area contributed by atoms with Gasteiger partial charge >= 0.3 is 6.18 Å². The number of hydrogen-bond acceptors (Lipinski definition) is 2. The van der Waals surface area contributed by atoms with E-state index in [0.29, 0.717) is 12.1 Å². The highest BCUT2D eigenvalue weighted by atomic mass is 19.4. The zero-order valence-corrected chi connectivity index (χ0v) is 14.0. The van der Waals surface area contributed by atoms with Crippen molar-refractivity contribution in [3.63, 3.8) is 0 Å². The van der Waals surface area contributed by atoms with E-state index in [-0.39, 0.29) is 6.04 Å². The molecule has 2 unspecified atom stereocenters. The smallest absolute Gasteiger partial charge is 0.375 e. The molecule has 0 bridgehead atoms. The van der Waals surface area contributed by atoms with Crippen molar-refractivity contribution in [1.82, 2.24) is 4.90 Å². The number of nitrogens with zero attached hydrogens (tertiary/aromatic N) is 1. The first-order valence-corrected chi connectivity index (χ1v) is 7.78. The molecule has 0 radical (unpaired) electrons. The van der Waals surface area contributed by atoms with Gasteiger partial charge in [-0.3, -0.25) is 4.90 Å². The summed E-state index contributed by atoms with van der Waals surface area (Å²) in [4.78, 5) is 2.07. The Morgan fingerprint density at radius 1 is 1.00 bits per heavy atom. The summed E-state index contributed by atoms with van der Waals surface area (Å²) in [7, 11) is 3.46. The van der Waals surface area contributed by atoms with Gasteiger partial charge in [-0.1, -0.05) is 42.5 Å². The zero-order valence-electron chi connectivity index (χ0n) is 14.0. The summed E-state index contributed by atoms with van der Waals surface area (Å²) < 4.78 is 44.1. The number of rotatable bonds is 6. The minimum Gasteiger partial charge on any atom is -0.375 e. The fourth-order valence-corrected chi connectivity index (χ4v) is 2.64. The molecule has 130 valence electrons. The lowest BCUT2D eigenvalue weighted by Gasteiger charge is -2.29. The topological polar surface area (TPSA) is 12.5 Å². The van der Waals surface area contributed by atoms with Crippen LogP contribution in [0.15, 0.2) is 54.6 Å². The van der Waals surface area contributed by atoms with Gasteiger partial charge in [-0.05, 0) is 37.2 Å². The molecule has 0 aliphatic heterocycles. The molecule has 2 aromatic carbocycles. The Kier molecular flexibility index (Phi) is 6.02. The van der Waals surface area contributed by atoms with E-state index in [2.05, 4.69) is 11.8 Å². The Morgan fingerprint density at radius 2 is 1.62 bits per heavy atom. The van der Waals surface area contributed by atoms with Gasteiger partial charge in [0.1, 0.15) is 0 Å². The number of halogens is 3. The highest BCUT2D eigenvalue weighted by Gasteiger charge is 2.31. The van der Waals surface area contributed by atoms with Gasteiger partial charge in [-0.25, -0.2) is 0 Å². The van der Waals surface area contributed by atoms with Crippen LogP contribution in [-0.2, 0) is 10.9 Å². The minimum absolute atomic E-state index is 0.134. The number of likely N-dealkylation sites (N-methyl/N-ethyl adjacent to an activating group) is 1. The molecule has 2 rings (SSSR count). The molecule has 24 heavy (non-hydrogen) atoms. The lowest BCUT2D eigenvalue weighted by atomic mass is 10.0. The third-order valence-corrected chi connectivity index (χ3v) is 4.27. The quantitative estimate of drug-likeness (QED) is 0.728. The summed E-state index contributed by atoms with van der Waals surface area (Å²) in [5.41, 5.74) is 1.03. The maximum atomic E-state index is 12.9. The third kappa shape index (κ3) is 4.58. The van der Waals surface area contributed by atoms with Gasteiger partial charge < -0.3 is 4.74 Å². The molecule has 0 fully saturated rings. The molecule has 0 spiro atoms. The van der Waals surface area contributed by atoms with Crippen LogP contribution in [-0.4, -0.2) is 25.6 Å². The Hall–Kier alpha value is -1.85. The molecule has 0 aromatic heterocycles. The summed E-state index contributed by atoms with van der Waals surface area (Å²) in [6.45, 7) is 2.56. The van der Waals surface area contributed by atoms with Crippen molar-refractivity contribution in [2.75, 3.05) is 20.7 Å². The second-order valence-electron chi connectivity index (χ2n) is 5.87. The number of hydrogen-bond donors (Lipinski definition) is 0. The average molecular weight is 337 g/mol. The van der Waals surface area contributed by atoms with Gasteiger partial charge in [0.2, 0.25) is 0 Å². The monoisotopic (exact) mass is 337 g/mol. The number of methoxy groups -OCH3 is 1. The Morgan fingerprint density at radius 3 is 2.21 bits per heavy atom. The molecular formula is C19H22F3NO. The Bertz CT molecular complexity index is 643. The van der Waals surface area contributed by atoms with Crippen LogP contribution in [0.3, 0.4) is 0 Å². The molecule has 0 aliphatic rings. The second kappa shape index (κ2) is 7.81. The van der Waals surface area contributed by atoms with Crippen molar-refractivity contribution in [3.8, 4) is 0 Å². The first-order chi connectivity index (χ1) is 11.3. The molecular weight excluding hydrogens is 315 g/mol. The van der Waals surface area contributed by atoms with Crippen LogP contribution >= 0.6 is 0 Å². The van der Waals surface area contributed by atoms with Crippen molar-refractivity contribution < 1.29 is 17.9 Å². The molecule has 0 amide bonds. The average Bonchev–Trinajstić information content (AvgIpc) is 2.59. The lowest BCUT2D eigenvalue weighted by Crippen LogP contribution is -2.28. The largest absolute Gasteiger partial charge is 0.416 e. The van der Waals surface area contributed by atoms with Crippen LogP contribution in [0.4, 0.5) is 13.2 Å². The SMILES string of the molecule is COC(CN(C)C(C)c1ccccc1)c1cccc(C(F)(F)F)c1. The third-order valence-electron chi connectivity index (χ3n) is 4.27. The molecule has 2 atom stereocenters. The first kappa shape index (κ1) is 18.5. The molecule has 5 heteroatoms. The van der Waals surface area contributed by atoms with Gasteiger partial charge in [-0.2, -0.15) is 13.2 Å². The van der Waals surface area contributed by atoms with Crippen molar-refractivity contribution >= 4 is 0 Å². The number of ether oxygens (including phenoxy) is 1. The van der Waals surface area contributed by atoms with Crippen molar-refractivity contribution in [2.45, 2.75) is 25.2 Å². The normalized spacial score (nSPS) is 14.6. The predicted molar refractivity (Wildman–Crippen MR) is 88.7 cm³/mol. The van der Waals surface area contributed by atoms with Gasteiger partial charge in [0, 0.05) is 19.7 Å². The van der Waals surface area contributed by atoms with E-state index in [0.717, 1.165) is 17.7 Å². The fraction of sp³-hybridized carbons (Fsp3) is 0.368. The molecule has 2 nitrogen and oxygen atoms in total. The van der Waals surface area contributed by atoms with Crippen LogP contribution in [0.2, 0.25) is 0 Å². The van der Waals surface area contributed by atoms with Crippen LogP contribution in [0.1, 0.15) is 35.8 Å². The van der Waals surface area contributed by atoms with E-state index in [1.54, 1.807) is 6.07 Å². The molecule has 0 saturated carbocycles. The summed E-state index contributed by atoms with van der Waals surface area (Å²) in [6, 6.07) is 15.4. The van der Waals surface area contributed by atoms with E-state index < -0.39 is 17.8 Å².